The van der Waals surface area contributed by atoms with E-state index in [4.69, 9.17) is 0 Å². The lowest BCUT2D eigenvalue weighted by atomic mass is 9.68. The molecule has 4 atom stereocenters. The van der Waals surface area contributed by atoms with Crippen molar-refractivity contribution in [1.29, 1.82) is 0 Å². The molecule has 2 bridgehead atoms. The second-order valence-electron chi connectivity index (χ2n) is 7.55. The van der Waals surface area contributed by atoms with Crippen LogP contribution in [0.4, 0.5) is 0 Å². The number of aliphatic hydroxyl groups is 1. The highest BCUT2D eigenvalue weighted by Gasteiger charge is 2.59. The molecule has 0 amide bonds. The minimum absolute atomic E-state index is 0.246. The quantitative estimate of drug-likeness (QED) is 0.790. The van der Waals surface area contributed by atoms with Gasteiger partial charge >= 0.3 is 0 Å². The van der Waals surface area contributed by atoms with Gasteiger partial charge in [-0.25, -0.2) is 0 Å². The van der Waals surface area contributed by atoms with E-state index in [9.17, 15) is 5.11 Å². The first kappa shape index (κ1) is 13.4. The molecule has 0 radical (unpaired) electrons. The molecule has 2 aliphatic carbocycles. The maximum absolute atomic E-state index is 9.52. The van der Waals surface area contributed by atoms with Crippen molar-refractivity contribution in [2.75, 3.05) is 6.61 Å². The van der Waals surface area contributed by atoms with Crippen LogP contribution in [0.1, 0.15) is 53.9 Å². The Labute approximate surface area is 106 Å². The molecule has 0 aromatic rings. The van der Waals surface area contributed by atoms with E-state index in [0.717, 1.165) is 5.92 Å². The molecule has 0 heterocycles. The Morgan fingerprint density at radius 1 is 1.29 bits per heavy atom. The van der Waals surface area contributed by atoms with Gasteiger partial charge in [0.15, 0.2) is 0 Å². The Kier molecular flexibility index (Phi) is 3.33. The zero-order chi connectivity index (χ0) is 12.8. The van der Waals surface area contributed by atoms with Gasteiger partial charge in [-0.2, -0.15) is 0 Å². The average Bonchev–Trinajstić information content (AvgIpc) is 2.68. The Balaban J connectivity index is 2.14. The number of fused-ring (bicyclic) bond motifs is 2. The van der Waals surface area contributed by atoms with Crippen molar-refractivity contribution in [3.63, 3.8) is 0 Å². The highest BCUT2D eigenvalue weighted by molar-refractivity contribution is 5.12. The second kappa shape index (κ2) is 4.24. The summed E-state index contributed by atoms with van der Waals surface area (Å²) in [6, 6.07) is 0.809. The molecule has 2 aliphatic rings. The zero-order valence-electron chi connectivity index (χ0n) is 12.1. The van der Waals surface area contributed by atoms with Crippen molar-refractivity contribution in [3.05, 3.63) is 0 Å². The van der Waals surface area contributed by atoms with Crippen LogP contribution in [0.15, 0.2) is 0 Å². The Hall–Kier alpha value is -0.0800. The number of aliphatic hydroxyl groups excluding tert-OH is 1. The Morgan fingerprint density at radius 3 is 2.35 bits per heavy atom. The summed E-state index contributed by atoms with van der Waals surface area (Å²) >= 11 is 0. The monoisotopic (exact) mass is 239 g/mol. The number of hydrogen-bond acceptors (Lipinski definition) is 2. The predicted molar refractivity (Wildman–Crippen MR) is 71.9 cm³/mol. The maximum atomic E-state index is 9.52. The highest BCUT2D eigenvalue weighted by Crippen LogP contribution is 2.62. The molecule has 0 saturated heterocycles. The van der Waals surface area contributed by atoms with Crippen LogP contribution < -0.4 is 5.32 Å². The summed E-state index contributed by atoms with van der Waals surface area (Å²) < 4.78 is 0. The molecule has 0 spiro atoms. The first-order chi connectivity index (χ1) is 7.81. The number of hydrogen-bond donors (Lipinski definition) is 2. The summed E-state index contributed by atoms with van der Waals surface area (Å²) in [6.07, 6.45) is 4.12. The maximum Gasteiger partial charge on any atom is 0.0587 e. The minimum Gasteiger partial charge on any atom is -0.395 e. The summed E-state index contributed by atoms with van der Waals surface area (Å²) in [5.41, 5.74) is 0.839. The van der Waals surface area contributed by atoms with E-state index in [1.165, 1.54) is 19.3 Å². The number of nitrogens with one attached hydrogen (secondary N) is 1. The fourth-order valence-electron chi connectivity index (χ4n) is 4.39. The lowest BCUT2D eigenvalue weighted by Crippen LogP contribution is -2.55. The second-order valence-corrected chi connectivity index (χ2v) is 7.55. The molecule has 2 rings (SSSR count). The van der Waals surface area contributed by atoms with Gasteiger partial charge in [0.05, 0.1) is 6.61 Å². The van der Waals surface area contributed by atoms with Crippen LogP contribution in [0.3, 0.4) is 0 Å². The third-order valence-electron chi connectivity index (χ3n) is 5.65. The molecule has 2 heteroatoms. The first-order valence-corrected chi connectivity index (χ1v) is 7.18. The molecular formula is C15H29NO. The van der Waals surface area contributed by atoms with Gasteiger partial charge in [-0.15, -0.1) is 0 Å². The van der Waals surface area contributed by atoms with E-state index in [1.54, 1.807) is 0 Å². The molecule has 2 fully saturated rings. The fraction of sp³-hybridized carbons (Fsp3) is 1.00. The van der Waals surface area contributed by atoms with Crippen molar-refractivity contribution in [3.8, 4) is 0 Å². The SMILES string of the molecule is CC(C)[C@@H](CO)NC1C(C)(C)[C@H]2CC[C@]1(C)C2. The van der Waals surface area contributed by atoms with E-state index in [0.29, 0.717) is 22.8 Å². The van der Waals surface area contributed by atoms with E-state index >= 15 is 0 Å². The minimum atomic E-state index is 0.246. The fourth-order valence-corrected chi connectivity index (χ4v) is 4.39. The van der Waals surface area contributed by atoms with Gasteiger partial charge in [-0.05, 0) is 41.9 Å². The third kappa shape index (κ3) is 2.04. The van der Waals surface area contributed by atoms with Gasteiger partial charge < -0.3 is 10.4 Å². The van der Waals surface area contributed by atoms with Crippen molar-refractivity contribution < 1.29 is 5.11 Å². The van der Waals surface area contributed by atoms with Gasteiger partial charge in [-0.3, -0.25) is 0 Å². The van der Waals surface area contributed by atoms with Crippen molar-refractivity contribution in [1.82, 2.24) is 5.32 Å². The largest absolute Gasteiger partial charge is 0.395 e. The van der Waals surface area contributed by atoms with Crippen LogP contribution in [0.25, 0.3) is 0 Å². The summed E-state index contributed by atoms with van der Waals surface area (Å²) in [5, 5.41) is 13.3. The molecule has 2 nitrogen and oxygen atoms in total. The van der Waals surface area contributed by atoms with Crippen LogP contribution in [-0.2, 0) is 0 Å². The lowest BCUT2D eigenvalue weighted by Gasteiger charge is -2.45. The van der Waals surface area contributed by atoms with Gasteiger partial charge in [0.1, 0.15) is 0 Å². The lowest BCUT2D eigenvalue weighted by molar-refractivity contribution is 0.0772. The Bertz CT molecular complexity index is 282. The van der Waals surface area contributed by atoms with Crippen LogP contribution in [0.2, 0.25) is 0 Å². The van der Waals surface area contributed by atoms with Crippen LogP contribution >= 0.6 is 0 Å². The van der Waals surface area contributed by atoms with Crippen LogP contribution in [0, 0.1) is 22.7 Å². The predicted octanol–water partition coefficient (Wildman–Crippen LogP) is 2.81. The van der Waals surface area contributed by atoms with Crippen molar-refractivity contribution in [2.24, 2.45) is 22.7 Å². The number of rotatable bonds is 4. The van der Waals surface area contributed by atoms with E-state index < -0.39 is 0 Å². The molecule has 17 heavy (non-hydrogen) atoms. The van der Waals surface area contributed by atoms with Gasteiger partial charge in [-0.1, -0.05) is 34.6 Å². The Morgan fingerprint density at radius 2 is 1.94 bits per heavy atom. The van der Waals surface area contributed by atoms with Crippen LogP contribution in [0.5, 0.6) is 0 Å². The third-order valence-corrected chi connectivity index (χ3v) is 5.65. The van der Waals surface area contributed by atoms with Crippen LogP contribution in [-0.4, -0.2) is 23.8 Å². The molecule has 0 aromatic carbocycles. The zero-order valence-corrected chi connectivity index (χ0v) is 12.1. The topological polar surface area (TPSA) is 32.3 Å². The van der Waals surface area contributed by atoms with E-state index in [2.05, 4.69) is 39.9 Å². The van der Waals surface area contributed by atoms with Gasteiger partial charge in [0.2, 0.25) is 0 Å². The smallest absolute Gasteiger partial charge is 0.0587 e. The first-order valence-electron chi connectivity index (χ1n) is 7.18. The molecule has 0 aromatic heterocycles. The van der Waals surface area contributed by atoms with Gasteiger partial charge in [0.25, 0.3) is 0 Å². The normalized spacial score (nSPS) is 41.1. The summed E-state index contributed by atoms with van der Waals surface area (Å²) in [4.78, 5) is 0. The van der Waals surface area contributed by atoms with Gasteiger partial charge in [0, 0.05) is 12.1 Å². The standard InChI is InChI=1S/C15H29NO/c1-10(2)12(9-17)16-13-14(3,4)11-6-7-15(13,5)8-11/h10-13,16-17H,6-9H2,1-5H3/t11-,12+,13?,15+/m0/s1. The molecular weight excluding hydrogens is 210 g/mol. The summed E-state index contributed by atoms with van der Waals surface area (Å²) in [5.74, 6) is 1.37. The average molecular weight is 239 g/mol. The van der Waals surface area contributed by atoms with Crippen molar-refractivity contribution in [2.45, 2.75) is 66.0 Å². The summed E-state index contributed by atoms with van der Waals surface area (Å²) in [7, 11) is 0. The molecule has 2 saturated carbocycles. The summed E-state index contributed by atoms with van der Waals surface area (Å²) in [6.45, 7) is 11.9. The molecule has 1 unspecified atom stereocenters. The highest BCUT2D eigenvalue weighted by atomic mass is 16.3. The van der Waals surface area contributed by atoms with E-state index in [1.807, 2.05) is 0 Å². The van der Waals surface area contributed by atoms with E-state index in [-0.39, 0.29) is 12.6 Å². The molecule has 100 valence electrons. The molecule has 0 aliphatic heterocycles. The molecule has 2 N–H and O–H groups in total. The van der Waals surface area contributed by atoms with Crippen molar-refractivity contribution >= 4 is 0 Å².